The molecule has 2 heteroatoms. The maximum Gasteiger partial charge on any atom is 0.0931 e. The van der Waals surface area contributed by atoms with E-state index in [0.29, 0.717) is 0 Å². The Balaban J connectivity index is 2.54. The van der Waals surface area contributed by atoms with E-state index in [-0.39, 0.29) is 0 Å². The molecule has 1 aromatic carbocycles. The number of rotatable bonds is 1. The Morgan fingerprint density at radius 2 is 1.75 bits per heavy atom. The molecule has 82 valence electrons. The average molecular weight is 212 g/mol. The Morgan fingerprint density at radius 1 is 1.00 bits per heavy atom. The zero-order valence-electron chi connectivity index (χ0n) is 9.91. The summed E-state index contributed by atoms with van der Waals surface area (Å²) >= 11 is 0. The third kappa shape index (κ3) is 1.91. The SMILES string of the molecule is Cc1cnc(-c2ccc(C)c(C)c2)c(N)c1. The molecule has 1 heterocycles. The molecule has 1 aromatic heterocycles. The topological polar surface area (TPSA) is 38.9 Å². The number of nitrogen functional groups attached to an aromatic ring is 1. The van der Waals surface area contributed by atoms with Gasteiger partial charge in [-0.2, -0.15) is 0 Å². The number of pyridine rings is 1. The molecule has 0 saturated heterocycles. The standard InChI is InChI=1S/C14H16N2/c1-9-6-13(15)14(16-8-9)12-5-4-10(2)11(3)7-12/h4-8H,15H2,1-3H3. The molecule has 2 rings (SSSR count). The van der Waals surface area contributed by atoms with E-state index in [9.17, 15) is 0 Å². The van der Waals surface area contributed by atoms with E-state index in [1.54, 1.807) is 0 Å². The molecule has 16 heavy (non-hydrogen) atoms. The Morgan fingerprint density at radius 3 is 2.38 bits per heavy atom. The Bertz CT molecular complexity index is 530. The van der Waals surface area contributed by atoms with Gasteiger partial charge in [-0.3, -0.25) is 4.98 Å². The molecule has 0 spiro atoms. The van der Waals surface area contributed by atoms with E-state index < -0.39 is 0 Å². The zero-order valence-corrected chi connectivity index (χ0v) is 9.91. The lowest BCUT2D eigenvalue weighted by Crippen LogP contribution is -1.95. The molecule has 0 fully saturated rings. The lowest BCUT2D eigenvalue weighted by Gasteiger charge is -2.08. The summed E-state index contributed by atoms with van der Waals surface area (Å²) in [6, 6.07) is 8.25. The largest absolute Gasteiger partial charge is 0.397 e. The summed E-state index contributed by atoms with van der Waals surface area (Å²) in [5, 5.41) is 0. The van der Waals surface area contributed by atoms with Crippen molar-refractivity contribution in [3.63, 3.8) is 0 Å². The van der Waals surface area contributed by atoms with Gasteiger partial charge in [0.2, 0.25) is 0 Å². The molecule has 0 aliphatic rings. The number of hydrogen-bond donors (Lipinski definition) is 1. The van der Waals surface area contributed by atoms with Gasteiger partial charge in [0, 0.05) is 11.8 Å². The molecule has 2 nitrogen and oxygen atoms in total. The van der Waals surface area contributed by atoms with Crippen molar-refractivity contribution in [3.05, 3.63) is 47.2 Å². The van der Waals surface area contributed by atoms with Crippen LogP contribution in [-0.4, -0.2) is 4.98 Å². The normalized spacial score (nSPS) is 10.4. The van der Waals surface area contributed by atoms with Crippen LogP contribution in [0.2, 0.25) is 0 Å². The van der Waals surface area contributed by atoms with Gasteiger partial charge in [-0.25, -0.2) is 0 Å². The van der Waals surface area contributed by atoms with Gasteiger partial charge in [0.05, 0.1) is 11.4 Å². The monoisotopic (exact) mass is 212 g/mol. The molecule has 0 radical (unpaired) electrons. The van der Waals surface area contributed by atoms with Crippen molar-refractivity contribution in [2.24, 2.45) is 0 Å². The van der Waals surface area contributed by atoms with Crippen molar-refractivity contribution in [1.29, 1.82) is 0 Å². The lowest BCUT2D eigenvalue weighted by molar-refractivity contribution is 1.26. The summed E-state index contributed by atoms with van der Waals surface area (Å²) < 4.78 is 0. The van der Waals surface area contributed by atoms with E-state index in [2.05, 4.69) is 37.0 Å². The number of anilines is 1. The van der Waals surface area contributed by atoms with Crippen LogP contribution in [0.5, 0.6) is 0 Å². The van der Waals surface area contributed by atoms with Crippen LogP contribution in [0.25, 0.3) is 11.3 Å². The second kappa shape index (κ2) is 3.97. The summed E-state index contributed by atoms with van der Waals surface area (Å²) in [6.07, 6.45) is 1.85. The highest BCUT2D eigenvalue weighted by atomic mass is 14.7. The first-order valence-corrected chi connectivity index (χ1v) is 5.37. The van der Waals surface area contributed by atoms with Crippen LogP contribution in [0.4, 0.5) is 5.69 Å². The maximum atomic E-state index is 5.98. The number of hydrogen-bond acceptors (Lipinski definition) is 2. The number of nitrogens with two attached hydrogens (primary N) is 1. The first-order chi connectivity index (χ1) is 7.58. The van der Waals surface area contributed by atoms with Crippen LogP contribution in [0, 0.1) is 20.8 Å². The first-order valence-electron chi connectivity index (χ1n) is 5.37. The predicted molar refractivity (Wildman–Crippen MR) is 68.3 cm³/mol. The van der Waals surface area contributed by atoms with E-state index in [4.69, 9.17) is 5.73 Å². The molecule has 0 atom stereocenters. The quantitative estimate of drug-likeness (QED) is 0.788. The van der Waals surface area contributed by atoms with Gasteiger partial charge < -0.3 is 5.73 Å². The van der Waals surface area contributed by atoms with Crippen molar-refractivity contribution in [2.45, 2.75) is 20.8 Å². The van der Waals surface area contributed by atoms with Crippen LogP contribution in [0.15, 0.2) is 30.5 Å². The van der Waals surface area contributed by atoms with E-state index in [1.165, 1.54) is 11.1 Å². The van der Waals surface area contributed by atoms with Crippen molar-refractivity contribution >= 4 is 5.69 Å². The smallest absolute Gasteiger partial charge is 0.0931 e. The Hall–Kier alpha value is -1.83. The summed E-state index contributed by atoms with van der Waals surface area (Å²) in [6.45, 7) is 6.20. The highest BCUT2D eigenvalue weighted by Gasteiger charge is 2.05. The molecule has 2 aromatic rings. The highest BCUT2D eigenvalue weighted by Crippen LogP contribution is 2.25. The van der Waals surface area contributed by atoms with Crippen molar-refractivity contribution in [2.75, 3.05) is 5.73 Å². The molecule has 0 saturated carbocycles. The summed E-state index contributed by atoms with van der Waals surface area (Å²) in [7, 11) is 0. The van der Waals surface area contributed by atoms with Crippen LogP contribution >= 0.6 is 0 Å². The fourth-order valence-electron chi connectivity index (χ4n) is 1.72. The summed E-state index contributed by atoms with van der Waals surface area (Å²) in [4.78, 5) is 4.39. The minimum absolute atomic E-state index is 0.739. The predicted octanol–water partition coefficient (Wildman–Crippen LogP) is 3.26. The first kappa shape index (κ1) is 10.7. The third-order valence-electron chi connectivity index (χ3n) is 2.83. The fourth-order valence-corrected chi connectivity index (χ4v) is 1.72. The average Bonchev–Trinajstić information content (AvgIpc) is 2.22. The van der Waals surface area contributed by atoms with Crippen molar-refractivity contribution < 1.29 is 0 Å². The van der Waals surface area contributed by atoms with Gasteiger partial charge in [0.15, 0.2) is 0 Å². The van der Waals surface area contributed by atoms with E-state index in [1.807, 2.05) is 19.2 Å². The highest BCUT2D eigenvalue weighted by molar-refractivity contribution is 5.73. The maximum absolute atomic E-state index is 5.98. The van der Waals surface area contributed by atoms with E-state index in [0.717, 1.165) is 22.5 Å². The van der Waals surface area contributed by atoms with Gasteiger partial charge in [0.1, 0.15) is 0 Å². The minimum atomic E-state index is 0.739. The number of aromatic nitrogens is 1. The van der Waals surface area contributed by atoms with Crippen LogP contribution in [0.1, 0.15) is 16.7 Å². The van der Waals surface area contributed by atoms with Gasteiger partial charge in [-0.15, -0.1) is 0 Å². The minimum Gasteiger partial charge on any atom is -0.397 e. The number of aryl methyl sites for hydroxylation is 3. The van der Waals surface area contributed by atoms with Crippen LogP contribution in [-0.2, 0) is 0 Å². The number of benzene rings is 1. The third-order valence-corrected chi connectivity index (χ3v) is 2.83. The van der Waals surface area contributed by atoms with Gasteiger partial charge in [-0.05, 0) is 49.6 Å². The van der Waals surface area contributed by atoms with Crippen LogP contribution < -0.4 is 5.73 Å². The van der Waals surface area contributed by atoms with E-state index >= 15 is 0 Å². The second-order valence-electron chi connectivity index (χ2n) is 4.25. The second-order valence-corrected chi connectivity index (χ2v) is 4.25. The fraction of sp³-hybridized carbons (Fsp3) is 0.214. The zero-order chi connectivity index (χ0) is 11.7. The summed E-state index contributed by atoms with van der Waals surface area (Å²) in [5.41, 5.74) is 12.3. The summed E-state index contributed by atoms with van der Waals surface area (Å²) in [5.74, 6) is 0. The van der Waals surface area contributed by atoms with Crippen molar-refractivity contribution in [1.82, 2.24) is 4.98 Å². The lowest BCUT2D eigenvalue weighted by atomic mass is 10.0. The van der Waals surface area contributed by atoms with Gasteiger partial charge >= 0.3 is 0 Å². The molecule has 2 N–H and O–H groups in total. The van der Waals surface area contributed by atoms with Gasteiger partial charge in [0.25, 0.3) is 0 Å². The van der Waals surface area contributed by atoms with Gasteiger partial charge in [-0.1, -0.05) is 12.1 Å². The van der Waals surface area contributed by atoms with Crippen LogP contribution in [0.3, 0.4) is 0 Å². The van der Waals surface area contributed by atoms with Crippen molar-refractivity contribution in [3.8, 4) is 11.3 Å². The Kier molecular flexibility index (Phi) is 2.65. The molecular formula is C14H16N2. The molecule has 0 unspecified atom stereocenters. The molecule has 0 bridgehead atoms. The molecule has 0 amide bonds. The molecular weight excluding hydrogens is 196 g/mol. The molecule has 0 aliphatic carbocycles. The number of nitrogens with zero attached hydrogens (tertiary/aromatic N) is 1. The Labute approximate surface area is 96.1 Å². The molecule has 0 aliphatic heterocycles.